The number of aliphatic hydroxyl groups is 1. The molecular formula is C12H9Cl2N3O2S. The third kappa shape index (κ3) is 2.81. The van der Waals surface area contributed by atoms with E-state index in [4.69, 9.17) is 33.6 Å². The Kier molecular flexibility index (Phi) is 4.68. The van der Waals surface area contributed by atoms with Gasteiger partial charge in [0.15, 0.2) is 5.56 Å². The zero-order valence-corrected chi connectivity index (χ0v) is 12.4. The van der Waals surface area contributed by atoms with Crippen molar-refractivity contribution in [3.8, 4) is 6.07 Å². The molecule has 0 aliphatic carbocycles. The predicted molar refractivity (Wildman–Crippen MR) is 80.1 cm³/mol. The van der Waals surface area contributed by atoms with Crippen molar-refractivity contribution in [2.24, 2.45) is 0 Å². The topological polar surface area (TPSA) is 78.1 Å². The van der Waals surface area contributed by atoms with E-state index >= 15 is 0 Å². The molecule has 0 atom stereocenters. The Balaban J connectivity index is 2.44. The minimum absolute atomic E-state index is 0.0144. The quantitative estimate of drug-likeness (QED) is 0.904. The molecule has 1 aromatic heterocycles. The van der Waals surface area contributed by atoms with Crippen LogP contribution >= 0.6 is 34.7 Å². The second-order valence-electron chi connectivity index (χ2n) is 3.76. The molecule has 0 aliphatic heterocycles. The standard InChI is InChI=1S/C12H9Cl2N3O2S/c13-8-2-1-3-9(10(8)14)16-11-7(6-15)12(19)17(20-11)4-5-18/h1-3,16,18H,4-5H2. The molecule has 8 heteroatoms. The molecule has 5 nitrogen and oxygen atoms in total. The summed E-state index contributed by atoms with van der Waals surface area (Å²) in [6.45, 7) is -0.0359. The van der Waals surface area contributed by atoms with E-state index in [9.17, 15) is 4.79 Å². The Labute approximate surface area is 128 Å². The first kappa shape index (κ1) is 14.9. The summed E-state index contributed by atoms with van der Waals surface area (Å²) < 4.78 is 1.30. The molecular weight excluding hydrogens is 321 g/mol. The lowest BCUT2D eigenvalue weighted by Gasteiger charge is -2.06. The molecule has 0 amide bonds. The van der Waals surface area contributed by atoms with Gasteiger partial charge < -0.3 is 10.4 Å². The second kappa shape index (κ2) is 6.29. The van der Waals surface area contributed by atoms with Crippen LogP contribution in [0.4, 0.5) is 10.7 Å². The molecule has 0 radical (unpaired) electrons. The summed E-state index contributed by atoms with van der Waals surface area (Å²) in [7, 11) is 0. The number of hydrogen-bond acceptors (Lipinski definition) is 5. The van der Waals surface area contributed by atoms with E-state index in [1.807, 2.05) is 6.07 Å². The van der Waals surface area contributed by atoms with Gasteiger partial charge >= 0.3 is 0 Å². The van der Waals surface area contributed by atoms with Crippen LogP contribution in [-0.4, -0.2) is 15.7 Å². The number of hydrogen-bond donors (Lipinski definition) is 2. The highest BCUT2D eigenvalue weighted by Gasteiger charge is 2.16. The number of rotatable bonds is 4. The van der Waals surface area contributed by atoms with Gasteiger partial charge in [-0.25, -0.2) is 0 Å². The zero-order chi connectivity index (χ0) is 14.7. The molecule has 0 saturated carbocycles. The molecule has 2 rings (SSSR count). The summed E-state index contributed by atoms with van der Waals surface area (Å²) in [5.41, 5.74) is 0.0553. The Hall–Kier alpha value is -1.52. The van der Waals surface area contributed by atoms with E-state index in [-0.39, 0.29) is 18.7 Å². The average Bonchev–Trinajstić information content (AvgIpc) is 2.71. The summed E-state index contributed by atoms with van der Waals surface area (Å²) in [5, 5.41) is 21.9. The largest absolute Gasteiger partial charge is 0.394 e. The maximum atomic E-state index is 11.9. The second-order valence-corrected chi connectivity index (χ2v) is 5.58. The number of benzene rings is 1. The van der Waals surface area contributed by atoms with Crippen LogP contribution in [0.5, 0.6) is 0 Å². The summed E-state index contributed by atoms with van der Waals surface area (Å²) in [6, 6.07) is 6.89. The summed E-state index contributed by atoms with van der Waals surface area (Å²) >= 11 is 13.0. The lowest BCUT2D eigenvalue weighted by Crippen LogP contribution is -2.17. The van der Waals surface area contributed by atoms with Crippen molar-refractivity contribution >= 4 is 45.4 Å². The highest BCUT2D eigenvalue weighted by atomic mass is 35.5. The normalized spacial score (nSPS) is 10.3. The van der Waals surface area contributed by atoms with Gasteiger partial charge in [0.25, 0.3) is 5.56 Å². The molecule has 0 saturated heterocycles. The number of nitrogens with one attached hydrogen (secondary N) is 1. The van der Waals surface area contributed by atoms with E-state index in [1.54, 1.807) is 18.2 Å². The first-order chi connectivity index (χ1) is 9.58. The van der Waals surface area contributed by atoms with Crippen LogP contribution < -0.4 is 10.9 Å². The average molecular weight is 330 g/mol. The Morgan fingerprint density at radius 3 is 2.85 bits per heavy atom. The van der Waals surface area contributed by atoms with Crippen LogP contribution in [0.3, 0.4) is 0 Å². The Bertz CT molecular complexity index is 733. The van der Waals surface area contributed by atoms with Crippen LogP contribution in [0.1, 0.15) is 5.56 Å². The van der Waals surface area contributed by atoms with Crippen molar-refractivity contribution in [2.75, 3.05) is 11.9 Å². The highest BCUT2D eigenvalue weighted by Crippen LogP contribution is 2.33. The van der Waals surface area contributed by atoms with Crippen molar-refractivity contribution in [3.05, 3.63) is 44.2 Å². The molecule has 104 valence electrons. The monoisotopic (exact) mass is 329 g/mol. The highest BCUT2D eigenvalue weighted by molar-refractivity contribution is 7.11. The van der Waals surface area contributed by atoms with Crippen molar-refractivity contribution in [1.29, 1.82) is 5.26 Å². The fourth-order valence-electron chi connectivity index (χ4n) is 1.56. The first-order valence-electron chi connectivity index (χ1n) is 5.54. The van der Waals surface area contributed by atoms with Crippen LogP contribution in [0, 0.1) is 11.3 Å². The van der Waals surface area contributed by atoms with Gasteiger partial charge in [-0.3, -0.25) is 8.75 Å². The summed E-state index contributed by atoms with van der Waals surface area (Å²) in [5.74, 6) is 0. The smallest absolute Gasteiger partial charge is 0.280 e. The molecule has 0 bridgehead atoms. The van der Waals surface area contributed by atoms with E-state index < -0.39 is 5.56 Å². The molecule has 1 heterocycles. The summed E-state index contributed by atoms with van der Waals surface area (Å²) in [4.78, 5) is 11.9. The third-order valence-electron chi connectivity index (χ3n) is 2.48. The molecule has 20 heavy (non-hydrogen) atoms. The molecule has 0 aliphatic rings. The SMILES string of the molecule is N#Cc1c(Nc2cccc(Cl)c2Cl)sn(CCO)c1=O. The third-order valence-corrected chi connectivity index (χ3v) is 4.36. The summed E-state index contributed by atoms with van der Waals surface area (Å²) in [6.07, 6.45) is 0. The minimum atomic E-state index is -0.438. The van der Waals surface area contributed by atoms with Crippen LogP contribution in [0.2, 0.25) is 10.0 Å². The predicted octanol–water partition coefficient (Wildman–Crippen LogP) is 2.82. The van der Waals surface area contributed by atoms with Gasteiger partial charge in [-0.05, 0) is 23.7 Å². The van der Waals surface area contributed by atoms with E-state index in [1.165, 1.54) is 3.96 Å². The number of anilines is 2. The molecule has 0 fully saturated rings. The van der Waals surface area contributed by atoms with Crippen LogP contribution in [0.15, 0.2) is 23.0 Å². The maximum absolute atomic E-state index is 11.9. The van der Waals surface area contributed by atoms with Gasteiger partial charge in [-0.1, -0.05) is 29.3 Å². The molecule has 0 unspecified atom stereocenters. The fraction of sp³-hybridized carbons (Fsp3) is 0.167. The first-order valence-corrected chi connectivity index (χ1v) is 7.07. The molecule has 1 aromatic carbocycles. The van der Waals surface area contributed by atoms with Gasteiger partial charge in [-0.2, -0.15) is 5.26 Å². The van der Waals surface area contributed by atoms with Crippen molar-refractivity contribution in [2.45, 2.75) is 6.54 Å². The zero-order valence-electron chi connectivity index (χ0n) is 10.1. The van der Waals surface area contributed by atoms with E-state index in [0.29, 0.717) is 20.7 Å². The van der Waals surface area contributed by atoms with Gasteiger partial charge in [0.05, 0.1) is 28.9 Å². The molecule has 0 spiro atoms. The van der Waals surface area contributed by atoms with Crippen molar-refractivity contribution in [3.63, 3.8) is 0 Å². The fourth-order valence-corrected chi connectivity index (χ4v) is 2.86. The maximum Gasteiger partial charge on any atom is 0.280 e. The number of halogens is 2. The van der Waals surface area contributed by atoms with Gasteiger partial charge in [0, 0.05) is 0 Å². The van der Waals surface area contributed by atoms with Gasteiger partial charge in [0.1, 0.15) is 11.1 Å². The van der Waals surface area contributed by atoms with E-state index in [0.717, 1.165) is 11.5 Å². The Morgan fingerprint density at radius 2 is 2.20 bits per heavy atom. The van der Waals surface area contributed by atoms with Gasteiger partial charge in [-0.15, -0.1) is 0 Å². The minimum Gasteiger partial charge on any atom is -0.394 e. The van der Waals surface area contributed by atoms with Crippen LogP contribution in [-0.2, 0) is 6.54 Å². The van der Waals surface area contributed by atoms with Crippen LogP contribution in [0.25, 0.3) is 0 Å². The number of aromatic nitrogens is 1. The number of nitrogens with zero attached hydrogens (tertiary/aromatic N) is 2. The van der Waals surface area contributed by atoms with Gasteiger partial charge in [0.2, 0.25) is 0 Å². The lowest BCUT2D eigenvalue weighted by atomic mass is 10.3. The number of nitriles is 1. The van der Waals surface area contributed by atoms with Crippen molar-refractivity contribution in [1.82, 2.24) is 3.96 Å². The Morgan fingerprint density at radius 1 is 1.45 bits per heavy atom. The van der Waals surface area contributed by atoms with E-state index in [2.05, 4.69) is 5.32 Å². The number of aliphatic hydroxyl groups excluding tert-OH is 1. The molecule has 2 N–H and O–H groups in total. The van der Waals surface area contributed by atoms with Crippen molar-refractivity contribution < 1.29 is 5.11 Å². The lowest BCUT2D eigenvalue weighted by molar-refractivity contribution is 0.279. The molecule has 2 aromatic rings.